The Bertz CT molecular complexity index is 1070. The van der Waals surface area contributed by atoms with Crippen molar-refractivity contribution in [3.8, 4) is 12.3 Å². The average molecular weight is 363 g/mol. The van der Waals surface area contributed by atoms with Crippen LogP contribution in [0.25, 0.3) is 10.2 Å². The Kier molecular flexibility index (Phi) is 4.26. The molecule has 4 nitrogen and oxygen atoms in total. The smallest absolute Gasteiger partial charge is 0.285 e. The molecular formula is C16H11ClN2O2S2. The second-order valence-corrected chi connectivity index (χ2v) is 7.71. The van der Waals surface area contributed by atoms with Crippen LogP contribution in [0.15, 0.2) is 57.8 Å². The van der Waals surface area contributed by atoms with Crippen LogP contribution in [-0.4, -0.2) is 13.0 Å². The summed E-state index contributed by atoms with van der Waals surface area (Å²) in [5, 5.41) is 0.466. The van der Waals surface area contributed by atoms with Crippen molar-refractivity contribution in [2.24, 2.45) is 4.40 Å². The Morgan fingerprint density at radius 3 is 2.57 bits per heavy atom. The van der Waals surface area contributed by atoms with E-state index < -0.39 is 10.0 Å². The number of nitrogens with zero attached hydrogens (tertiary/aromatic N) is 2. The van der Waals surface area contributed by atoms with E-state index in [1.807, 2.05) is 24.3 Å². The van der Waals surface area contributed by atoms with Crippen molar-refractivity contribution in [1.82, 2.24) is 4.57 Å². The number of terminal acetylenes is 1. The van der Waals surface area contributed by atoms with Crippen molar-refractivity contribution in [2.45, 2.75) is 11.4 Å². The fraction of sp³-hybridized carbons (Fsp3) is 0.0625. The predicted octanol–water partition coefficient (Wildman–Crippen LogP) is 3.28. The van der Waals surface area contributed by atoms with Crippen molar-refractivity contribution >= 4 is 43.2 Å². The standard InChI is InChI=1S/C16H11ClN2O2S2/c1-2-11-19-14-5-3-4-6-15(14)22-16(19)18-23(20,21)13-9-7-12(17)8-10-13/h1,3-10H,11H2/b18-16-. The topological polar surface area (TPSA) is 51.4 Å². The molecule has 0 saturated heterocycles. The molecule has 7 heteroatoms. The molecule has 0 atom stereocenters. The Balaban J connectivity index is 2.22. The number of para-hydroxylation sites is 1. The third kappa shape index (κ3) is 3.17. The summed E-state index contributed by atoms with van der Waals surface area (Å²) in [6.45, 7) is 0.249. The van der Waals surface area contributed by atoms with Gasteiger partial charge in [-0.1, -0.05) is 41.0 Å². The molecule has 0 aliphatic heterocycles. The summed E-state index contributed by atoms with van der Waals surface area (Å²) in [6.07, 6.45) is 5.40. The first-order chi connectivity index (χ1) is 11.0. The lowest BCUT2D eigenvalue weighted by atomic mass is 10.3. The van der Waals surface area contributed by atoms with Crippen LogP contribution in [0.2, 0.25) is 5.02 Å². The van der Waals surface area contributed by atoms with E-state index in [4.69, 9.17) is 18.0 Å². The molecule has 116 valence electrons. The monoisotopic (exact) mass is 362 g/mol. The fourth-order valence-electron chi connectivity index (χ4n) is 2.10. The summed E-state index contributed by atoms with van der Waals surface area (Å²) in [6, 6.07) is 13.4. The SMILES string of the molecule is C#CCn1/c(=N/S(=O)(=O)c2ccc(Cl)cc2)sc2ccccc21. The zero-order chi connectivity index (χ0) is 16.4. The molecule has 3 aromatic rings. The lowest BCUT2D eigenvalue weighted by Crippen LogP contribution is -2.16. The first kappa shape index (κ1) is 15.8. The highest BCUT2D eigenvalue weighted by molar-refractivity contribution is 7.90. The highest BCUT2D eigenvalue weighted by Crippen LogP contribution is 2.19. The predicted molar refractivity (Wildman–Crippen MR) is 92.8 cm³/mol. The zero-order valence-corrected chi connectivity index (χ0v) is 14.2. The largest absolute Gasteiger partial charge is 0.304 e. The Labute approximate surface area is 142 Å². The quantitative estimate of drug-likeness (QED) is 0.671. The van der Waals surface area contributed by atoms with Gasteiger partial charge >= 0.3 is 0 Å². The van der Waals surface area contributed by atoms with Crippen LogP contribution in [0, 0.1) is 12.3 Å². The van der Waals surface area contributed by atoms with Gasteiger partial charge in [-0.25, -0.2) is 0 Å². The molecule has 23 heavy (non-hydrogen) atoms. The maximum atomic E-state index is 12.5. The summed E-state index contributed by atoms with van der Waals surface area (Å²) in [7, 11) is -3.83. The van der Waals surface area contributed by atoms with Gasteiger partial charge in [0.25, 0.3) is 10.0 Å². The minimum atomic E-state index is -3.83. The summed E-state index contributed by atoms with van der Waals surface area (Å²) in [5.41, 5.74) is 0.862. The van der Waals surface area contributed by atoms with E-state index in [0.717, 1.165) is 10.2 Å². The fourth-order valence-corrected chi connectivity index (χ4v) is 4.46. The molecule has 0 bridgehead atoms. The van der Waals surface area contributed by atoms with Gasteiger partial charge < -0.3 is 4.57 Å². The third-order valence-corrected chi connectivity index (χ3v) is 5.86. The van der Waals surface area contributed by atoms with Gasteiger partial charge in [-0.15, -0.1) is 10.8 Å². The first-order valence-electron chi connectivity index (χ1n) is 6.60. The molecule has 0 amide bonds. The van der Waals surface area contributed by atoms with Gasteiger partial charge in [0.2, 0.25) is 4.80 Å². The molecule has 1 heterocycles. The van der Waals surface area contributed by atoms with Gasteiger partial charge in [-0.2, -0.15) is 8.42 Å². The van der Waals surface area contributed by atoms with Crippen LogP contribution in [0.5, 0.6) is 0 Å². The Hall–Kier alpha value is -2.07. The molecule has 0 radical (unpaired) electrons. The van der Waals surface area contributed by atoms with Gasteiger partial charge in [0.1, 0.15) is 0 Å². The number of aromatic nitrogens is 1. The number of thiazole rings is 1. The van der Waals surface area contributed by atoms with Crippen molar-refractivity contribution in [1.29, 1.82) is 0 Å². The summed E-state index contributed by atoms with van der Waals surface area (Å²) < 4.78 is 31.6. The summed E-state index contributed by atoms with van der Waals surface area (Å²) in [5.74, 6) is 2.53. The van der Waals surface area contributed by atoms with Gasteiger partial charge in [0.05, 0.1) is 21.7 Å². The third-order valence-electron chi connectivity index (χ3n) is 3.15. The molecule has 0 aliphatic carbocycles. The number of fused-ring (bicyclic) bond motifs is 1. The molecule has 0 aliphatic rings. The maximum absolute atomic E-state index is 12.5. The second-order valence-electron chi connectivity index (χ2n) is 4.66. The molecule has 0 spiro atoms. The van der Waals surface area contributed by atoms with Crippen LogP contribution in [-0.2, 0) is 16.6 Å². The number of hydrogen-bond donors (Lipinski definition) is 0. The number of benzene rings is 2. The van der Waals surface area contributed by atoms with Crippen LogP contribution >= 0.6 is 22.9 Å². The van der Waals surface area contributed by atoms with E-state index in [9.17, 15) is 8.42 Å². The van der Waals surface area contributed by atoms with E-state index in [1.54, 1.807) is 4.57 Å². The Morgan fingerprint density at radius 2 is 1.87 bits per heavy atom. The number of sulfonamides is 1. The van der Waals surface area contributed by atoms with Crippen molar-refractivity contribution < 1.29 is 8.42 Å². The normalized spacial score (nSPS) is 12.4. The van der Waals surface area contributed by atoms with Crippen LogP contribution < -0.4 is 4.80 Å². The minimum Gasteiger partial charge on any atom is -0.304 e. The molecule has 0 saturated carbocycles. The minimum absolute atomic E-state index is 0.0895. The number of hydrogen-bond acceptors (Lipinski definition) is 3. The molecule has 0 fully saturated rings. The lowest BCUT2D eigenvalue weighted by molar-refractivity contribution is 0.596. The zero-order valence-electron chi connectivity index (χ0n) is 11.8. The van der Waals surface area contributed by atoms with Crippen LogP contribution in [0.4, 0.5) is 0 Å². The van der Waals surface area contributed by atoms with Crippen LogP contribution in [0.3, 0.4) is 0 Å². The summed E-state index contributed by atoms with van der Waals surface area (Å²) >= 11 is 7.08. The van der Waals surface area contributed by atoms with E-state index >= 15 is 0 Å². The van der Waals surface area contributed by atoms with Crippen molar-refractivity contribution in [3.05, 3.63) is 58.4 Å². The van der Waals surface area contributed by atoms with E-state index in [0.29, 0.717) is 9.82 Å². The molecule has 0 N–H and O–H groups in total. The van der Waals surface area contributed by atoms with Gasteiger partial charge in [-0.05, 0) is 36.4 Å². The van der Waals surface area contributed by atoms with Crippen LogP contribution in [0.1, 0.15) is 0 Å². The van der Waals surface area contributed by atoms with E-state index in [2.05, 4.69) is 10.3 Å². The highest BCUT2D eigenvalue weighted by Gasteiger charge is 2.14. The Morgan fingerprint density at radius 1 is 1.17 bits per heavy atom. The maximum Gasteiger partial charge on any atom is 0.285 e. The summed E-state index contributed by atoms with van der Waals surface area (Å²) in [4.78, 5) is 0.436. The number of halogens is 1. The van der Waals surface area contributed by atoms with Crippen molar-refractivity contribution in [2.75, 3.05) is 0 Å². The molecular weight excluding hydrogens is 352 g/mol. The molecule has 1 aromatic heterocycles. The average Bonchev–Trinajstić information content (AvgIpc) is 2.85. The van der Waals surface area contributed by atoms with Crippen molar-refractivity contribution in [3.63, 3.8) is 0 Å². The van der Waals surface area contributed by atoms with Gasteiger partial charge in [0.15, 0.2) is 0 Å². The van der Waals surface area contributed by atoms with Gasteiger partial charge in [0, 0.05) is 5.02 Å². The van der Waals surface area contributed by atoms with E-state index in [-0.39, 0.29) is 11.4 Å². The lowest BCUT2D eigenvalue weighted by Gasteiger charge is -2.01. The number of rotatable bonds is 3. The van der Waals surface area contributed by atoms with E-state index in [1.165, 1.54) is 35.6 Å². The first-order valence-corrected chi connectivity index (χ1v) is 9.23. The molecule has 3 rings (SSSR count). The second kappa shape index (κ2) is 6.20. The molecule has 2 aromatic carbocycles. The van der Waals surface area contributed by atoms with Gasteiger partial charge in [-0.3, -0.25) is 0 Å². The highest BCUT2D eigenvalue weighted by atomic mass is 35.5. The molecule has 0 unspecified atom stereocenters.